The SMILES string of the molecule is CCCn1ccnc1CC(NC)C1COC(C)C1. The van der Waals surface area contributed by atoms with E-state index in [-0.39, 0.29) is 0 Å². The number of ether oxygens (including phenoxy) is 1. The van der Waals surface area contributed by atoms with E-state index in [2.05, 4.69) is 34.9 Å². The third-order valence-electron chi connectivity index (χ3n) is 3.84. The number of likely N-dealkylation sites (N-methyl/N-ethyl adjacent to an activating group) is 1. The summed E-state index contributed by atoms with van der Waals surface area (Å²) >= 11 is 0. The predicted octanol–water partition coefficient (Wildman–Crippen LogP) is 1.85. The summed E-state index contributed by atoms with van der Waals surface area (Å²) < 4.78 is 7.95. The molecule has 4 heteroatoms. The highest BCUT2D eigenvalue weighted by Crippen LogP contribution is 2.24. The third-order valence-corrected chi connectivity index (χ3v) is 3.84. The van der Waals surface area contributed by atoms with Crippen LogP contribution in [0.25, 0.3) is 0 Å². The fourth-order valence-corrected chi connectivity index (χ4v) is 2.81. The van der Waals surface area contributed by atoms with Gasteiger partial charge in [0.1, 0.15) is 5.82 Å². The average Bonchev–Trinajstić information content (AvgIpc) is 2.96. The van der Waals surface area contributed by atoms with Crippen molar-refractivity contribution in [1.29, 1.82) is 0 Å². The number of nitrogens with one attached hydrogen (secondary N) is 1. The van der Waals surface area contributed by atoms with E-state index in [4.69, 9.17) is 4.74 Å². The van der Waals surface area contributed by atoms with Gasteiger partial charge in [0.15, 0.2) is 0 Å². The van der Waals surface area contributed by atoms with Crippen molar-refractivity contribution in [3.8, 4) is 0 Å². The van der Waals surface area contributed by atoms with Crippen LogP contribution in [0.2, 0.25) is 0 Å². The molecule has 0 bridgehead atoms. The van der Waals surface area contributed by atoms with Gasteiger partial charge in [-0.3, -0.25) is 0 Å². The molecule has 2 heterocycles. The Morgan fingerprint density at radius 2 is 2.44 bits per heavy atom. The van der Waals surface area contributed by atoms with Gasteiger partial charge in [0.25, 0.3) is 0 Å². The Hall–Kier alpha value is -0.870. The highest BCUT2D eigenvalue weighted by molar-refractivity contribution is 4.97. The van der Waals surface area contributed by atoms with E-state index < -0.39 is 0 Å². The summed E-state index contributed by atoms with van der Waals surface area (Å²) in [5.41, 5.74) is 0. The van der Waals surface area contributed by atoms with Gasteiger partial charge in [-0.05, 0) is 26.8 Å². The maximum absolute atomic E-state index is 5.68. The van der Waals surface area contributed by atoms with Gasteiger partial charge in [-0.15, -0.1) is 0 Å². The lowest BCUT2D eigenvalue weighted by molar-refractivity contribution is 0.117. The Morgan fingerprint density at radius 3 is 3.06 bits per heavy atom. The smallest absolute Gasteiger partial charge is 0.110 e. The van der Waals surface area contributed by atoms with Gasteiger partial charge in [0.2, 0.25) is 0 Å². The van der Waals surface area contributed by atoms with Crippen LogP contribution in [-0.4, -0.2) is 35.4 Å². The van der Waals surface area contributed by atoms with Crippen LogP contribution in [0.1, 0.15) is 32.5 Å². The quantitative estimate of drug-likeness (QED) is 0.838. The van der Waals surface area contributed by atoms with Crippen LogP contribution < -0.4 is 5.32 Å². The molecule has 2 rings (SSSR count). The third kappa shape index (κ3) is 3.12. The van der Waals surface area contributed by atoms with Crippen LogP contribution >= 0.6 is 0 Å². The van der Waals surface area contributed by atoms with Crippen molar-refractivity contribution in [3.05, 3.63) is 18.2 Å². The molecule has 1 aliphatic heterocycles. The zero-order valence-corrected chi connectivity index (χ0v) is 11.7. The predicted molar refractivity (Wildman–Crippen MR) is 72.6 cm³/mol. The van der Waals surface area contributed by atoms with Crippen LogP contribution in [0.15, 0.2) is 12.4 Å². The zero-order valence-electron chi connectivity index (χ0n) is 11.7. The fourth-order valence-electron chi connectivity index (χ4n) is 2.81. The molecule has 3 unspecified atom stereocenters. The molecule has 18 heavy (non-hydrogen) atoms. The van der Waals surface area contributed by atoms with Gasteiger partial charge in [0.05, 0.1) is 12.7 Å². The van der Waals surface area contributed by atoms with Crippen molar-refractivity contribution in [1.82, 2.24) is 14.9 Å². The second-order valence-electron chi connectivity index (χ2n) is 5.28. The average molecular weight is 251 g/mol. The summed E-state index contributed by atoms with van der Waals surface area (Å²) in [4.78, 5) is 4.50. The summed E-state index contributed by atoms with van der Waals surface area (Å²) in [7, 11) is 2.04. The minimum atomic E-state index is 0.404. The monoisotopic (exact) mass is 251 g/mol. The summed E-state index contributed by atoms with van der Waals surface area (Å²) in [6.07, 6.45) is 7.69. The molecule has 1 saturated heterocycles. The number of hydrogen-bond donors (Lipinski definition) is 1. The molecular formula is C14H25N3O. The molecule has 1 aromatic rings. The molecule has 3 atom stereocenters. The Kier molecular flexibility index (Phi) is 4.78. The number of aryl methyl sites for hydroxylation is 1. The molecule has 1 aromatic heterocycles. The van der Waals surface area contributed by atoms with Crippen molar-refractivity contribution in [2.75, 3.05) is 13.7 Å². The molecule has 1 N–H and O–H groups in total. The Labute approximate surface area is 110 Å². The lowest BCUT2D eigenvalue weighted by atomic mass is 9.94. The second kappa shape index (κ2) is 6.34. The van der Waals surface area contributed by atoms with Gasteiger partial charge < -0.3 is 14.6 Å². The van der Waals surface area contributed by atoms with Crippen LogP contribution in [0.5, 0.6) is 0 Å². The highest BCUT2D eigenvalue weighted by Gasteiger charge is 2.29. The molecule has 0 saturated carbocycles. The summed E-state index contributed by atoms with van der Waals surface area (Å²) in [6, 6.07) is 0.466. The van der Waals surface area contributed by atoms with Gasteiger partial charge in [0, 0.05) is 37.3 Å². The van der Waals surface area contributed by atoms with Crippen LogP contribution in [0.3, 0.4) is 0 Å². The van der Waals surface area contributed by atoms with Gasteiger partial charge in [-0.2, -0.15) is 0 Å². The van der Waals surface area contributed by atoms with E-state index >= 15 is 0 Å². The highest BCUT2D eigenvalue weighted by atomic mass is 16.5. The molecule has 0 radical (unpaired) electrons. The first-order valence-electron chi connectivity index (χ1n) is 7.03. The molecular weight excluding hydrogens is 226 g/mol. The molecule has 0 aromatic carbocycles. The van der Waals surface area contributed by atoms with E-state index in [1.807, 2.05) is 13.2 Å². The minimum Gasteiger partial charge on any atom is -0.378 e. The first kappa shape index (κ1) is 13.6. The number of imidazole rings is 1. The minimum absolute atomic E-state index is 0.404. The fraction of sp³-hybridized carbons (Fsp3) is 0.786. The largest absolute Gasteiger partial charge is 0.378 e. The Balaban J connectivity index is 1.99. The number of nitrogens with zero attached hydrogens (tertiary/aromatic N) is 2. The van der Waals surface area contributed by atoms with Gasteiger partial charge in [-0.25, -0.2) is 4.98 Å². The molecule has 1 aliphatic rings. The van der Waals surface area contributed by atoms with E-state index in [9.17, 15) is 0 Å². The number of rotatable bonds is 6. The number of hydrogen-bond acceptors (Lipinski definition) is 3. The second-order valence-corrected chi connectivity index (χ2v) is 5.28. The van der Waals surface area contributed by atoms with E-state index in [1.54, 1.807) is 0 Å². The molecule has 1 fully saturated rings. The standard InChI is InChI=1S/C14H25N3O/c1-4-6-17-7-5-16-14(17)9-13(15-3)12-8-11(2)18-10-12/h5,7,11-13,15H,4,6,8-10H2,1-3H3. The van der Waals surface area contributed by atoms with Crippen molar-refractivity contribution in [3.63, 3.8) is 0 Å². The van der Waals surface area contributed by atoms with E-state index in [1.165, 1.54) is 5.82 Å². The van der Waals surface area contributed by atoms with Crippen molar-refractivity contribution in [2.24, 2.45) is 5.92 Å². The molecule has 4 nitrogen and oxygen atoms in total. The van der Waals surface area contributed by atoms with Gasteiger partial charge >= 0.3 is 0 Å². The summed E-state index contributed by atoms with van der Waals surface area (Å²) in [5.74, 6) is 1.80. The Morgan fingerprint density at radius 1 is 1.61 bits per heavy atom. The van der Waals surface area contributed by atoms with Gasteiger partial charge in [-0.1, -0.05) is 6.92 Å². The van der Waals surface area contributed by atoms with Crippen LogP contribution in [-0.2, 0) is 17.7 Å². The maximum atomic E-state index is 5.68. The maximum Gasteiger partial charge on any atom is 0.110 e. The lowest BCUT2D eigenvalue weighted by Gasteiger charge is -2.22. The normalized spacial score (nSPS) is 25.5. The molecule has 0 amide bonds. The Bertz CT molecular complexity index is 364. The van der Waals surface area contributed by atoms with E-state index in [0.29, 0.717) is 18.1 Å². The lowest BCUT2D eigenvalue weighted by Crippen LogP contribution is -2.36. The summed E-state index contributed by atoms with van der Waals surface area (Å²) in [6.45, 7) is 6.29. The van der Waals surface area contributed by atoms with Crippen molar-refractivity contribution >= 4 is 0 Å². The molecule has 0 aliphatic carbocycles. The van der Waals surface area contributed by atoms with Crippen molar-refractivity contribution in [2.45, 2.75) is 51.8 Å². The number of aromatic nitrogens is 2. The van der Waals surface area contributed by atoms with Crippen LogP contribution in [0, 0.1) is 5.92 Å². The molecule has 0 spiro atoms. The topological polar surface area (TPSA) is 39.1 Å². The van der Waals surface area contributed by atoms with Crippen molar-refractivity contribution < 1.29 is 4.74 Å². The zero-order chi connectivity index (χ0) is 13.0. The first-order valence-corrected chi connectivity index (χ1v) is 7.03. The van der Waals surface area contributed by atoms with E-state index in [0.717, 1.165) is 32.4 Å². The summed E-state index contributed by atoms with van der Waals surface area (Å²) in [5, 5.41) is 3.44. The van der Waals surface area contributed by atoms with Crippen LogP contribution in [0.4, 0.5) is 0 Å². The first-order chi connectivity index (χ1) is 8.74. The molecule has 102 valence electrons.